The summed E-state index contributed by atoms with van der Waals surface area (Å²) in [7, 11) is 0. The fourth-order valence-corrected chi connectivity index (χ4v) is 4.75. The predicted molar refractivity (Wildman–Crippen MR) is 114 cm³/mol. The maximum Gasteiger partial charge on any atom is 0.490 e. The number of anilines is 1. The van der Waals surface area contributed by atoms with Crippen LogP contribution in [0.25, 0.3) is 10.9 Å². The summed E-state index contributed by atoms with van der Waals surface area (Å²) >= 11 is 0. The lowest BCUT2D eigenvalue weighted by molar-refractivity contribution is -0.192. The Hall–Kier alpha value is -3.15. The zero-order chi connectivity index (χ0) is 24.8. The second-order valence-corrected chi connectivity index (χ2v) is 8.76. The van der Waals surface area contributed by atoms with E-state index in [1.807, 2.05) is 4.57 Å². The molecule has 0 bridgehead atoms. The molecule has 0 amide bonds. The van der Waals surface area contributed by atoms with Crippen molar-refractivity contribution in [2.75, 3.05) is 24.5 Å². The van der Waals surface area contributed by atoms with Crippen molar-refractivity contribution in [3.63, 3.8) is 0 Å². The highest BCUT2D eigenvalue weighted by atomic mass is 19.4. The number of piperidine rings is 1. The molecule has 2 saturated heterocycles. The lowest BCUT2D eigenvalue weighted by atomic mass is 9.91. The molecule has 1 aromatic heterocycles. The zero-order valence-corrected chi connectivity index (χ0v) is 17.9. The Morgan fingerprint density at radius 3 is 2.35 bits per heavy atom. The highest BCUT2D eigenvalue weighted by Crippen LogP contribution is 2.39. The van der Waals surface area contributed by atoms with Crippen LogP contribution in [0.3, 0.4) is 0 Å². The molecule has 3 aliphatic rings. The van der Waals surface area contributed by atoms with Crippen molar-refractivity contribution in [3.05, 3.63) is 39.9 Å². The quantitative estimate of drug-likeness (QED) is 0.573. The van der Waals surface area contributed by atoms with Gasteiger partial charge < -0.3 is 25.0 Å². The van der Waals surface area contributed by atoms with E-state index in [4.69, 9.17) is 9.90 Å². The zero-order valence-electron chi connectivity index (χ0n) is 17.9. The predicted octanol–water partition coefficient (Wildman–Crippen LogP) is 3.00. The van der Waals surface area contributed by atoms with Crippen LogP contribution in [0.1, 0.15) is 42.1 Å². The van der Waals surface area contributed by atoms with E-state index in [1.54, 1.807) is 6.07 Å². The van der Waals surface area contributed by atoms with Crippen LogP contribution in [-0.2, 0) is 4.79 Å². The summed E-state index contributed by atoms with van der Waals surface area (Å²) in [6.07, 6.45) is 0.415. The van der Waals surface area contributed by atoms with Gasteiger partial charge >= 0.3 is 18.1 Å². The molecular weight excluding hydrogens is 462 g/mol. The molecule has 3 N–H and O–H groups in total. The number of carboxylic acids is 2. The monoisotopic (exact) mass is 485 g/mol. The third kappa shape index (κ3) is 4.59. The average Bonchev–Trinajstić information content (AvgIpc) is 3.49. The molecule has 1 aliphatic carbocycles. The van der Waals surface area contributed by atoms with Crippen LogP contribution < -0.4 is 15.6 Å². The molecule has 184 valence electrons. The van der Waals surface area contributed by atoms with Crippen LogP contribution in [0.5, 0.6) is 0 Å². The number of pyridine rings is 1. The van der Waals surface area contributed by atoms with Gasteiger partial charge in [0.1, 0.15) is 11.4 Å². The molecule has 5 rings (SSSR count). The Morgan fingerprint density at radius 1 is 1.09 bits per heavy atom. The molecule has 2 aromatic rings. The van der Waals surface area contributed by atoms with Crippen molar-refractivity contribution in [2.24, 2.45) is 5.92 Å². The van der Waals surface area contributed by atoms with Gasteiger partial charge in [-0.25, -0.2) is 14.0 Å². The summed E-state index contributed by atoms with van der Waals surface area (Å²) in [5, 5.41) is 20.0. The van der Waals surface area contributed by atoms with Crippen LogP contribution in [0.2, 0.25) is 0 Å². The van der Waals surface area contributed by atoms with Crippen molar-refractivity contribution in [3.8, 4) is 0 Å². The van der Waals surface area contributed by atoms with Gasteiger partial charge in [0.15, 0.2) is 0 Å². The molecule has 8 nitrogen and oxygen atoms in total. The summed E-state index contributed by atoms with van der Waals surface area (Å²) in [6, 6.07) is 3.46. The number of hydrogen-bond donors (Lipinski definition) is 3. The molecule has 1 aromatic carbocycles. The molecule has 3 fully saturated rings. The topological polar surface area (TPSA) is 112 Å². The summed E-state index contributed by atoms with van der Waals surface area (Å²) in [5.74, 6) is -3.95. The van der Waals surface area contributed by atoms with E-state index in [9.17, 15) is 27.9 Å². The normalized spacial score (nSPS) is 22.2. The molecule has 2 aliphatic heterocycles. The summed E-state index contributed by atoms with van der Waals surface area (Å²) in [6.45, 7) is 2.60. The fourth-order valence-electron chi connectivity index (χ4n) is 4.75. The van der Waals surface area contributed by atoms with Crippen LogP contribution in [-0.4, -0.2) is 58.6 Å². The first-order chi connectivity index (χ1) is 16.0. The molecule has 0 radical (unpaired) electrons. The standard InChI is InChI=1S/C20H22FN3O3.C2HF3O2/c21-15-6-13-16(24(12-3-4-12)10-14(19(13)25)20(26)27)7-17(15)23-5-1-2-11-8-22-9-18(11)23;3-2(4,5)1(6)7/h6-7,10-12,18,22H,1-5,8-9H2,(H,26,27);(H,6,7). The van der Waals surface area contributed by atoms with E-state index in [0.717, 1.165) is 45.3 Å². The number of halogens is 4. The molecule has 3 heterocycles. The smallest absolute Gasteiger partial charge is 0.477 e. The average molecular weight is 485 g/mol. The van der Waals surface area contributed by atoms with Gasteiger partial charge in [0, 0.05) is 43.3 Å². The molecule has 12 heteroatoms. The Labute approximate surface area is 190 Å². The largest absolute Gasteiger partial charge is 0.490 e. The SMILES string of the molecule is O=C(O)C(F)(F)F.O=C(O)c1cn(C2CC2)c2cc(N3CCCC4CNCC43)c(F)cc2c1=O. The number of benzene rings is 1. The van der Waals surface area contributed by atoms with E-state index in [1.165, 1.54) is 12.3 Å². The minimum atomic E-state index is -5.08. The Morgan fingerprint density at radius 2 is 1.76 bits per heavy atom. The maximum absolute atomic E-state index is 15.1. The molecule has 2 atom stereocenters. The van der Waals surface area contributed by atoms with E-state index in [-0.39, 0.29) is 23.0 Å². The van der Waals surface area contributed by atoms with E-state index in [0.29, 0.717) is 17.1 Å². The number of aromatic nitrogens is 1. The summed E-state index contributed by atoms with van der Waals surface area (Å²) < 4.78 is 48.7. The lowest BCUT2D eigenvalue weighted by Gasteiger charge is -2.39. The number of hydrogen-bond acceptors (Lipinski definition) is 5. The second kappa shape index (κ2) is 8.90. The fraction of sp³-hybridized carbons (Fsp3) is 0.500. The van der Waals surface area contributed by atoms with Gasteiger partial charge in [0.25, 0.3) is 0 Å². The Kier molecular flexibility index (Phi) is 6.28. The van der Waals surface area contributed by atoms with Gasteiger partial charge in [-0.2, -0.15) is 13.2 Å². The minimum Gasteiger partial charge on any atom is -0.477 e. The summed E-state index contributed by atoms with van der Waals surface area (Å²) in [4.78, 5) is 35.1. The van der Waals surface area contributed by atoms with Gasteiger partial charge in [-0.05, 0) is 43.7 Å². The third-order valence-electron chi connectivity index (χ3n) is 6.50. The van der Waals surface area contributed by atoms with Crippen molar-refractivity contribution >= 4 is 28.5 Å². The van der Waals surface area contributed by atoms with E-state index < -0.39 is 29.4 Å². The number of nitrogens with one attached hydrogen (secondary N) is 1. The number of rotatable bonds is 3. The minimum absolute atomic E-state index is 0.154. The first kappa shape index (κ1) is 24.0. The molecular formula is C22H23F4N3O5. The highest BCUT2D eigenvalue weighted by Gasteiger charge is 2.38. The molecule has 0 spiro atoms. The van der Waals surface area contributed by atoms with Gasteiger partial charge in [0.2, 0.25) is 5.43 Å². The van der Waals surface area contributed by atoms with Gasteiger partial charge in [-0.1, -0.05) is 0 Å². The number of alkyl halides is 3. The van der Waals surface area contributed by atoms with Crippen molar-refractivity contribution in [2.45, 2.75) is 43.9 Å². The Balaban J connectivity index is 0.000000344. The van der Waals surface area contributed by atoms with Crippen LogP contribution >= 0.6 is 0 Å². The van der Waals surface area contributed by atoms with E-state index in [2.05, 4.69) is 10.2 Å². The molecule has 2 unspecified atom stereocenters. The van der Waals surface area contributed by atoms with Gasteiger partial charge in [0.05, 0.1) is 11.2 Å². The Bertz CT molecular complexity index is 1190. The second-order valence-electron chi connectivity index (χ2n) is 8.76. The molecule has 34 heavy (non-hydrogen) atoms. The van der Waals surface area contributed by atoms with Gasteiger partial charge in [-0.3, -0.25) is 4.79 Å². The summed E-state index contributed by atoms with van der Waals surface area (Å²) in [5.41, 5.74) is 0.258. The number of aromatic carboxylic acids is 1. The van der Waals surface area contributed by atoms with Crippen molar-refractivity contribution in [1.82, 2.24) is 9.88 Å². The third-order valence-corrected chi connectivity index (χ3v) is 6.50. The molecule has 1 saturated carbocycles. The van der Waals surface area contributed by atoms with Crippen LogP contribution in [0, 0.1) is 11.7 Å². The lowest BCUT2D eigenvalue weighted by Crippen LogP contribution is -2.45. The number of nitrogens with zero attached hydrogens (tertiary/aromatic N) is 2. The highest BCUT2D eigenvalue weighted by molar-refractivity contribution is 5.93. The number of carbonyl (C=O) groups is 2. The number of aliphatic carboxylic acids is 1. The van der Waals surface area contributed by atoms with Crippen LogP contribution in [0.15, 0.2) is 23.1 Å². The van der Waals surface area contributed by atoms with Crippen molar-refractivity contribution < 1.29 is 37.4 Å². The van der Waals surface area contributed by atoms with Crippen molar-refractivity contribution in [1.29, 1.82) is 0 Å². The maximum atomic E-state index is 15.1. The first-order valence-electron chi connectivity index (χ1n) is 10.9. The first-order valence-corrected chi connectivity index (χ1v) is 10.9. The number of fused-ring (bicyclic) bond motifs is 2. The van der Waals surface area contributed by atoms with E-state index >= 15 is 4.39 Å². The number of carboxylic acid groups (broad SMARTS) is 2. The van der Waals surface area contributed by atoms with Gasteiger partial charge in [-0.15, -0.1) is 0 Å². The van der Waals surface area contributed by atoms with Crippen LogP contribution in [0.4, 0.5) is 23.2 Å².